The SMILES string of the molecule is C=CC.COP(C)N(C(C)C)C(C)C. The van der Waals surface area contributed by atoms with Crippen molar-refractivity contribution in [2.24, 2.45) is 0 Å². The van der Waals surface area contributed by atoms with Crippen molar-refractivity contribution in [1.82, 2.24) is 4.67 Å². The maximum atomic E-state index is 5.33. The minimum atomic E-state index is -0.387. The van der Waals surface area contributed by atoms with Crippen LogP contribution < -0.4 is 0 Å². The molecule has 0 aliphatic heterocycles. The second kappa shape index (κ2) is 9.64. The van der Waals surface area contributed by atoms with E-state index in [9.17, 15) is 0 Å². The summed E-state index contributed by atoms with van der Waals surface area (Å²) in [6, 6.07) is 1.15. The Bertz CT molecular complexity index is 129. The van der Waals surface area contributed by atoms with Gasteiger partial charge in [-0.05, 0) is 41.3 Å². The maximum Gasteiger partial charge on any atom is 0.101 e. The molecule has 3 heteroatoms. The fourth-order valence-electron chi connectivity index (χ4n) is 1.34. The summed E-state index contributed by atoms with van der Waals surface area (Å²) in [6.07, 6.45) is 1.75. The van der Waals surface area contributed by atoms with E-state index in [1.807, 2.05) is 6.92 Å². The molecule has 0 aromatic rings. The summed E-state index contributed by atoms with van der Waals surface area (Å²) < 4.78 is 7.72. The highest BCUT2D eigenvalue weighted by Crippen LogP contribution is 2.39. The van der Waals surface area contributed by atoms with Crippen LogP contribution in [0, 0.1) is 0 Å². The fraction of sp³-hybridized carbons (Fsp3) is 0.818. The van der Waals surface area contributed by atoms with Crippen LogP contribution in [0.2, 0.25) is 0 Å². The normalized spacial score (nSPS) is 12.7. The van der Waals surface area contributed by atoms with Gasteiger partial charge in [0, 0.05) is 19.2 Å². The van der Waals surface area contributed by atoms with Crippen molar-refractivity contribution in [1.29, 1.82) is 0 Å². The molecule has 0 fully saturated rings. The molecule has 0 aromatic heterocycles. The molecule has 2 nitrogen and oxygen atoms in total. The Labute approximate surface area is 91.2 Å². The molecule has 0 rings (SSSR count). The van der Waals surface area contributed by atoms with Gasteiger partial charge in [-0.15, -0.1) is 6.58 Å². The smallest absolute Gasteiger partial charge is 0.101 e. The van der Waals surface area contributed by atoms with Crippen LogP contribution >= 0.6 is 8.30 Å². The summed E-state index contributed by atoms with van der Waals surface area (Å²) in [5, 5.41) is 0. The van der Waals surface area contributed by atoms with Crippen molar-refractivity contribution in [2.75, 3.05) is 13.8 Å². The van der Waals surface area contributed by atoms with Crippen molar-refractivity contribution in [3.05, 3.63) is 12.7 Å². The first-order valence-corrected chi connectivity index (χ1v) is 6.71. The molecule has 0 bridgehead atoms. The van der Waals surface area contributed by atoms with Gasteiger partial charge < -0.3 is 4.52 Å². The summed E-state index contributed by atoms with van der Waals surface area (Å²) in [5.41, 5.74) is 0. The van der Waals surface area contributed by atoms with Gasteiger partial charge in [-0.25, -0.2) is 0 Å². The van der Waals surface area contributed by atoms with E-state index in [0.717, 1.165) is 0 Å². The standard InChI is InChI=1S/C8H20NOP.C3H6/c1-7(2)9(8(3)4)11(6)10-5;1-3-2/h7-8H,1-6H3;3H,1H2,2H3. The molecule has 0 heterocycles. The quantitative estimate of drug-likeness (QED) is 0.525. The zero-order chi connectivity index (χ0) is 11.7. The monoisotopic (exact) mass is 219 g/mol. The molecule has 0 amide bonds. The molecule has 0 aromatic carbocycles. The minimum Gasteiger partial charge on any atom is -0.347 e. The lowest BCUT2D eigenvalue weighted by atomic mass is 10.3. The molecule has 0 spiro atoms. The van der Waals surface area contributed by atoms with Crippen LogP contribution in [0.25, 0.3) is 0 Å². The van der Waals surface area contributed by atoms with E-state index in [1.165, 1.54) is 0 Å². The Balaban J connectivity index is 0. The third kappa shape index (κ3) is 7.49. The molecule has 0 aliphatic rings. The molecule has 0 N–H and O–H groups in total. The predicted octanol–water partition coefficient (Wildman–Crippen LogP) is 3.89. The molecule has 0 saturated heterocycles. The number of rotatable bonds is 4. The lowest BCUT2D eigenvalue weighted by Gasteiger charge is -2.34. The zero-order valence-electron chi connectivity index (χ0n) is 10.7. The Morgan fingerprint density at radius 2 is 1.50 bits per heavy atom. The third-order valence-electron chi connectivity index (χ3n) is 1.65. The lowest BCUT2D eigenvalue weighted by Crippen LogP contribution is -2.32. The van der Waals surface area contributed by atoms with Gasteiger partial charge in [-0.3, -0.25) is 4.67 Å². The maximum absolute atomic E-state index is 5.33. The molecule has 1 unspecified atom stereocenters. The van der Waals surface area contributed by atoms with Crippen LogP contribution in [0.15, 0.2) is 12.7 Å². The Hall–Kier alpha value is 0.0900. The Morgan fingerprint density at radius 3 is 1.57 bits per heavy atom. The summed E-state index contributed by atoms with van der Waals surface area (Å²) in [6.45, 7) is 16.2. The van der Waals surface area contributed by atoms with Crippen molar-refractivity contribution >= 4 is 8.30 Å². The first-order chi connectivity index (χ1) is 6.42. The molecule has 86 valence electrons. The van der Waals surface area contributed by atoms with Crippen LogP contribution in [0.3, 0.4) is 0 Å². The fourth-order valence-corrected chi connectivity index (χ4v) is 2.83. The number of allylic oxidation sites excluding steroid dienone is 1. The second-order valence-corrected chi connectivity index (χ2v) is 5.38. The topological polar surface area (TPSA) is 12.5 Å². The van der Waals surface area contributed by atoms with Gasteiger partial charge >= 0.3 is 0 Å². The molecule has 0 radical (unpaired) electrons. The van der Waals surface area contributed by atoms with Crippen molar-refractivity contribution in [3.63, 3.8) is 0 Å². The van der Waals surface area contributed by atoms with E-state index >= 15 is 0 Å². The van der Waals surface area contributed by atoms with Gasteiger partial charge in [-0.2, -0.15) is 0 Å². The largest absolute Gasteiger partial charge is 0.347 e. The highest BCUT2D eigenvalue weighted by Gasteiger charge is 2.19. The van der Waals surface area contributed by atoms with E-state index in [-0.39, 0.29) is 8.30 Å². The highest BCUT2D eigenvalue weighted by atomic mass is 31.2. The lowest BCUT2D eigenvalue weighted by molar-refractivity contribution is 0.282. The van der Waals surface area contributed by atoms with Crippen molar-refractivity contribution in [3.8, 4) is 0 Å². The van der Waals surface area contributed by atoms with E-state index in [4.69, 9.17) is 4.52 Å². The van der Waals surface area contributed by atoms with Crippen LogP contribution in [0.1, 0.15) is 34.6 Å². The van der Waals surface area contributed by atoms with Crippen LogP contribution in [-0.2, 0) is 4.52 Å². The average molecular weight is 219 g/mol. The average Bonchev–Trinajstić information content (AvgIpc) is 2.04. The van der Waals surface area contributed by atoms with Crippen LogP contribution in [0.5, 0.6) is 0 Å². The Kier molecular flexibility index (Phi) is 11.4. The van der Waals surface area contributed by atoms with Gasteiger partial charge in [-0.1, -0.05) is 6.08 Å². The van der Waals surface area contributed by atoms with Crippen molar-refractivity contribution < 1.29 is 4.52 Å². The zero-order valence-corrected chi connectivity index (χ0v) is 11.6. The van der Waals surface area contributed by atoms with E-state index < -0.39 is 0 Å². The molecule has 0 aliphatic carbocycles. The third-order valence-corrected chi connectivity index (χ3v) is 3.75. The number of hydrogen-bond donors (Lipinski definition) is 0. The molecule has 14 heavy (non-hydrogen) atoms. The van der Waals surface area contributed by atoms with Gasteiger partial charge in [0.25, 0.3) is 0 Å². The predicted molar refractivity (Wildman–Crippen MR) is 67.8 cm³/mol. The van der Waals surface area contributed by atoms with Crippen molar-refractivity contribution in [2.45, 2.75) is 46.7 Å². The van der Waals surface area contributed by atoms with E-state index in [2.05, 4.69) is 45.6 Å². The number of nitrogens with zero attached hydrogens (tertiary/aromatic N) is 1. The molecule has 1 atom stereocenters. The van der Waals surface area contributed by atoms with E-state index in [0.29, 0.717) is 12.1 Å². The first kappa shape index (κ1) is 16.5. The highest BCUT2D eigenvalue weighted by molar-refractivity contribution is 7.49. The summed E-state index contributed by atoms with van der Waals surface area (Å²) in [7, 11) is 1.39. The summed E-state index contributed by atoms with van der Waals surface area (Å²) >= 11 is 0. The second-order valence-electron chi connectivity index (χ2n) is 3.62. The van der Waals surface area contributed by atoms with Gasteiger partial charge in [0.05, 0.1) is 0 Å². The summed E-state index contributed by atoms with van der Waals surface area (Å²) in [4.78, 5) is 0. The van der Waals surface area contributed by atoms with E-state index in [1.54, 1.807) is 13.2 Å². The number of hydrogen-bond acceptors (Lipinski definition) is 2. The summed E-state index contributed by atoms with van der Waals surface area (Å²) in [5.74, 6) is 0. The Morgan fingerprint density at radius 1 is 1.21 bits per heavy atom. The van der Waals surface area contributed by atoms with Crippen LogP contribution in [-0.4, -0.2) is 30.5 Å². The van der Waals surface area contributed by atoms with Gasteiger partial charge in [0.15, 0.2) is 0 Å². The van der Waals surface area contributed by atoms with Gasteiger partial charge in [0.2, 0.25) is 0 Å². The molecular weight excluding hydrogens is 193 g/mol. The molecule has 0 saturated carbocycles. The first-order valence-electron chi connectivity index (χ1n) is 5.05. The van der Waals surface area contributed by atoms with Gasteiger partial charge in [0.1, 0.15) is 8.30 Å². The molecular formula is C11H26NOP. The van der Waals surface area contributed by atoms with Crippen LogP contribution in [0.4, 0.5) is 0 Å². The minimum absolute atomic E-state index is 0.387.